The van der Waals surface area contributed by atoms with Crippen molar-refractivity contribution >= 4 is 15.9 Å². The van der Waals surface area contributed by atoms with Crippen LogP contribution in [-0.2, 0) is 21.2 Å². The zero-order chi connectivity index (χ0) is 21.4. The molecule has 0 aliphatic heterocycles. The molecule has 0 aliphatic rings. The molecule has 0 aromatic heterocycles. The van der Waals surface area contributed by atoms with Crippen LogP contribution in [0, 0.1) is 6.92 Å². The fourth-order valence-electron chi connectivity index (χ4n) is 2.78. The van der Waals surface area contributed by atoms with Crippen LogP contribution in [0.3, 0.4) is 0 Å². The molecule has 2 aromatic carbocycles. The van der Waals surface area contributed by atoms with Gasteiger partial charge in [-0.1, -0.05) is 30.7 Å². The van der Waals surface area contributed by atoms with Crippen LogP contribution < -0.4 is 19.5 Å². The first kappa shape index (κ1) is 22.7. The number of aryl methyl sites for hydroxylation is 1. The molecule has 0 saturated heterocycles. The molecule has 0 heterocycles. The summed E-state index contributed by atoms with van der Waals surface area (Å²) < 4.78 is 38.0. The fourth-order valence-corrected chi connectivity index (χ4v) is 4.06. The monoisotopic (exact) mass is 420 g/mol. The first-order valence-corrected chi connectivity index (χ1v) is 10.9. The molecule has 0 unspecified atom stereocenters. The predicted molar refractivity (Wildman–Crippen MR) is 112 cm³/mol. The fraction of sp³-hybridized carbons (Fsp3) is 0.381. The molecule has 29 heavy (non-hydrogen) atoms. The Kier molecular flexibility index (Phi) is 8.04. The molecular weight excluding hydrogens is 392 g/mol. The molecule has 7 nitrogen and oxygen atoms in total. The van der Waals surface area contributed by atoms with Crippen molar-refractivity contribution in [3.8, 4) is 11.5 Å². The Morgan fingerprint density at radius 1 is 1.03 bits per heavy atom. The first-order chi connectivity index (χ1) is 13.8. The largest absolute Gasteiger partial charge is 0.493 e. The van der Waals surface area contributed by atoms with Gasteiger partial charge >= 0.3 is 0 Å². The van der Waals surface area contributed by atoms with Gasteiger partial charge in [0.15, 0.2) is 11.5 Å². The number of nitrogens with one attached hydrogen (secondary N) is 2. The van der Waals surface area contributed by atoms with Gasteiger partial charge in [0.05, 0.1) is 19.1 Å². The summed E-state index contributed by atoms with van der Waals surface area (Å²) in [7, 11) is -0.634. The summed E-state index contributed by atoms with van der Waals surface area (Å²) in [5.41, 5.74) is 1.93. The van der Waals surface area contributed by atoms with Gasteiger partial charge in [0.2, 0.25) is 15.9 Å². The van der Waals surface area contributed by atoms with Gasteiger partial charge < -0.3 is 14.8 Å². The van der Waals surface area contributed by atoms with Gasteiger partial charge in [-0.25, -0.2) is 8.42 Å². The number of ether oxygens (including phenoxy) is 2. The van der Waals surface area contributed by atoms with Gasteiger partial charge in [0, 0.05) is 6.54 Å². The van der Waals surface area contributed by atoms with E-state index in [2.05, 4.69) is 10.0 Å². The lowest BCUT2D eigenvalue weighted by atomic mass is 10.1. The maximum atomic E-state index is 12.5. The molecule has 0 aliphatic carbocycles. The Labute approximate surface area is 172 Å². The smallest absolute Gasteiger partial charge is 0.241 e. The second kappa shape index (κ2) is 10.3. The van der Waals surface area contributed by atoms with Crippen molar-refractivity contribution in [1.82, 2.24) is 10.0 Å². The molecule has 0 fully saturated rings. The highest BCUT2D eigenvalue weighted by Gasteiger charge is 2.24. The van der Waals surface area contributed by atoms with Crippen LogP contribution in [0.2, 0.25) is 0 Å². The minimum Gasteiger partial charge on any atom is -0.493 e. The van der Waals surface area contributed by atoms with E-state index in [1.165, 1.54) is 12.1 Å². The highest BCUT2D eigenvalue weighted by atomic mass is 32.2. The standard InChI is InChI=1S/C21H28N2O5S/c1-5-18(23-29(25,26)17-9-6-15(2)7-10-17)21(24)22-13-12-16-8-11-19(27-3)20(14-16)28-4/h6-11,14,18,23H,5,12-13H2,1-4H3,(H,22,24)/t18-/m1/s1. The molecule has 158 valence electrons. The second-order valence-electron chi connectivity index (χ2n) is 6.63. The Morgan fingerprint density at radius 2 is 1.69 bits per heavy atom. The Morgan fingerprint density at radius 3 is 2.28 bits per heavy atom. The third-order valence-electron chi connectivity index (χ3n) is 4.51. The van der Waals surface area contributed by atoms with E-state index in [1.807, 2.05) is 19.1 Å². The molecule has 2 N–H and O–H groups in total. The zero-order valence-electron chi connectivity index (χ0n) is 17.2. The average Bonchev–Trinajstić information content (AvgIpc) is 2.72. The van der Waals surface area contributed by atoms with Crippen LogP contribution in [0.4, 0.5) is 0 Å². The van der Waals surface area contributed by atoms with E-state index in [4.69, 9.17) is 9.47 Å². The van der Waals surface area contributed by atoms with Gasteiger partial charge in [-0.3, -0.25) is 4.79 Å². The third kappa shape index (κ3) is 6.20. The third-order valence-corrected chi connectivity index (χ3v) is 6.00. The summed E-state index contributed by atoms with van der Waals surface area (Å²) >= 11 is 0. The average molecular weight is 421 g/mol. The van der Waals surface area contributed by atoms with Gasteiger partial charge in [0.1, 0.15) is 6.04 Å². The van der Waals surface area contributed by atoms with E-state index in [0.717, 1.165) is 11.1 Å². The van der Waals surface area contributed by atoms with E-state index < -0.39 is 16.1 Å². The van der Waals surface area contributed by atoms with Crippen molar-refractivity contribution in [1.29, 1.82) is 0 Å². The van der Waals surface area contributed by atoms with Crippen molar-refractivity contribution in [3.63, 3.8) is 0 Å². The van der Waals surface area contributed by atoms with Crippen LogP contribution in [-0.4, -0.2) is 41.1 Å². The highest BCUT2D eigenvalue weighted by molar-refractivity contribution is 7.89. The molecule has 2 aromatic rings. The number of methoxy groups -OCH3 is 2. The van der Waals surface area contributed by atoms with Crippen molar-refractivity contribution in [2.45, 2.75) is 37.6 Å². The minimum absolute atomic E-state index is 0.139. The SMILES string of the molecule is CC[C@@H](NS(=O)(=O)c1ccc(C)cc1)C(=O)NCCc1ccc(OC)c(OC)c1. The summed E-state index contributed by atoms with van der Waals surface area (Å²) in [4.78, 5) is 12.6. The van der Waals surface area contributed by atoms with E-state index in [9.17, 15) is 13.2 Å². The Balaban J connectivity index is 1.95. The van der Waals surface area contributed by atoms with E-state index >= 15 is 0 Å². The van der Waals surface area contributed by atoms with Crippen molar-refractivity contribution in [2.75, 3.05) is 20.8 Å². The van der Waals surface area contributed by atoms with Gasteiger partial charge in [-0.2, -0.15) is 4.72 Å². The van der Waals surface area contributed by atoms with Crippen LogP contribution in [0.25, 0.3) is 0 Å². The lowest BCUT2D eigenvalue weighted by Gasteiger charge is -2.17. The van der Waals surface area contributed by atoms with Crippen LogP contribution in [0.1, 0.15) is 24.5 Å². The molecular formula is C21H28N2O5S. The van der Waals surface area contributed by atoms with Gasteiger partial charge in [-0.05, 0) is 49.6 Å². The number of hydrogen-bond donors (Lipinski definition) is 2. The van der Waals surface area contributed by atoms with E-state index in [0.29, 0.717) is 30.9 Å². The molecule has 8 heteroatoms. The number of carbonyl (C=O) groups excluding carboxylic acids is 1. The molecule has 0 radical (unpaired) electrons. The van der Waals surface area contributed by atoms with Crippen molar-refractivity contribution < 1.29 is 22.7 Å². The summed E-state index contributed by atoms with van der Waals surface area (Å²) in [6.07, 6.45) is 0.917. The normalized spacial score (nSPS) is 12.3. The van der Waals surface area contributed by atoms with Crippen LogP contribution in [0.15, 0.2) is 47.4 Å². The number of rotatable bonds is 10. The lowest BCUT2D eigenvalue weighted by Crippen LogP contribution is -2.46. The zero-order valence-corrected chi connectivity index (χ0v) is 18.0. The number of hydrogen-bond acceptors (Lipinski definition) is 5. The van der Waals surface area contributed by atoms with E-state index in [-0.39, 0.29) is 10.8 Å². The summed E-state index contributed by atoms with van der Waals surface area (Å²) in [6.45, 7) is 4.01. The Hall–Kier alpha value is -2.58. The topological polar surface area (TPSA) is 93.7 Å². The second-order valence-corrected chi connectivity index (χ2v) is 8.34. The molecule has 1 atom stereocenters. The highest BCUT2D eigenvalue weighted by Crippen LogP contribution is 2.27. The van der Waals surface area contributed by atoms with Gasteiger partial charge in [-0.15, -0.1) is 0 Å². The quantitative estimate of drug-likeness (QED) is 0.616. The van der Waals surface area contributed by atoms with Crippen LogP contribution >= 0.6 is 0 Å². The first-order valence-electron chi connectivity index (χ1n) is 9.38. The van der Waals surface area contributed by atoms with Crippen molar-refractivity contribution in [3.05, 3.63) is 53.6 Å². The van der Waals surface area contributed by atoms with Crippen molar-refractivity contribution in [2.24, 2.45) is 0 Å². The van der Waals surface area contributed by atoms with E-state index in [1.54, 1.807) is 39.3 Å². The molecule has 0 saturated carbocycles. The number of carbonyl (C=O) groups is 1. The van der Waals surface area contributed by atoms with Crippen LogP contribution in [0.5, 0.6) is 11.5 Å². The molecule has 0 spiro atoms. The molecule has 1 amide bonds. The lowest BCUT2D eigenvalue weighted by molar-refractivity contribution is -0.122. The number of amides is 1. The maximum Gasteiger partial charge on any atom is 0.241 e. The number of sulfonamides is 1. The summed E-state index contributed by atoms with van der Waals surface area (Å²) in [6, 6.07) is 11.2. The molecule has 0 bridgehead atoms. The number of benzene rings is 2. The maximum absolute atomic E-state index is 12.5. The van der Waals surface area contributed by atoms with Gasteiger partial charge in [0.25, 0.3) is 0 Å². The summed E-state index contributed by atoms with van der Waals surface area (Å²) in [5, 5.41) is 2.79. The summed E-state index contributed by atoms with van der Waals surface area (Å²) in [5.74, 6) is 0.897. The minimum atomic E-state index is -3.77. The Bertz CT molecular complexity index is 927. The predicted octanol–water partition coefficient (Wildman–Crippen LogP) is 2.43. The molecule has 2 rings (SSSR count).